The van der Waals surface area contributed by atoms with Crippen molar-refractivity contribution in [2.75, 3.05) is 13.1 Å². The number of carboxylic acid groups (broad SMARTS) is 2. The lowest BCUT2D eigenvalue weighted by atomic mass is 10.1. The number of hydrogen-bond acceptors (Lipinski definition) is 4. The third kappa shape index (κ3) is 10.7. The summed E-state index contributed by atoms with van der Waals surface area (Å²) in [6.45, 7) is 0.438. The second kappa shape index (κ2) is 12.9. The molecule has 0 fully saturated rings. The van der Waals surface area contributed by atoms with Gasteiger partial charge in [-0.05, 0) is 59.5 Å². The monoisotopic (exact) mass is 505 g/mol. The molecule has 0 aliphatic rings. The molecular weight excluding hydrogens is 481 g/mol. The van der Waals surface area contributed by atoms with Crippen LogP contribution < -0.4 is 16.0 Å². The van der Waals surface area contributed by atoms with Crippen molar-refractivity contribution in [3.05, 3.63) is 33.4 Å². The fraction of sp³-hybridized carbons (Fsp3) is 0.444. The van der Waals surface area contributed by atoms with Crippen molar-refractivity contribution in [1.29, 1.82) is 0 Å². The zero-order chi connectivity index (χ0) is 20.9. The Balaban J connectivity index is 2.26. The fourth-order valence-corrected chi connectivity index (χ4v) is 2.65. The summed E-state index contributed by atoms with van der Waals surface area (Å²) < 4.78 is 1.08. The van der Waals surface area contributed by atoms with Gasteiger partial charge in [-0.2, -0.15) is 0 Å². The van der Waals surface area contributed by atoms with E-state index in [9.17, 15) is 24.3 Å². The predicted molar refractivity (Wildman–Crippen MR) is 110 cm³/mol. The van der Waals surface area contributed by atoms with Crippen LogP contribution in [0.2, 0.25) is 0 Å². The smallest absolute Gasteiger partial charge is 0.326 e. The molecule has 1 unspecified atom stereocenters. The van der Waals surface area contributed by atoms with Crippen molar-refractivity contribution in [1.82, 2.24) is 16.0 Å². The topological polar surface area (TPSA) is 145 Å². The summed E-state index contributed by atoms with van der Waals surface area (Å²) >= 11 is 2.18. The van der Waals surface area contributed by atoms with Gasteiger partial charge in [0.15, 0.2) is 0 Å². The summed E-state index contributed by atoms with van der Waals surface area (Å²) in [5, 5.41) is 25.2. The van der Waals surface area contributed by atoms with Gasteiger partial charge in [0.25, 0.3) is 0 Å². The zero-order valence-corrected chi connectivity index (χ0v) is 17.4. The van der Waals surface area contributed by atoms with Crippen LogP contribution in [0, 0.1) is 3.57 Å². The van der Waals surface area contributed by atoms with Crippen molar-refractivity contribution >= 4 is 46.5 Å². The molecule has 0 aromatic heterocycles. The van der Waals surface area contributed by atoms with E-state index < -0.39 is 24.0 Å². The van der Waals surface area contributed by atoms with Gasteiger partial charge in [0.2, 0.25) is 5.91 Å². The number of carbonyl (C=O) groups excluding carboxylic acids is 2. The number of halogens is 1. The summed E-state index contributed by atoms with van der Waals surface area (Å²) in [6.07, 6.45) is 0.963. The Kier molecular flexibility index (Phi) is 10.9. The Morgan fingerprint density at radius 1 is 0.964 bits per heavy atom. The van der Waals surface area contributed by atoms with Gasteiger partial charge in [0.05, 0.1) is 6.42 Å². The number of amides is 3. The zero-order valence-electron chi connectivity index (χ0n) is 15.2. The molecule has 1 rings (SSSR count). The van der Waals surface area contributed by atoms with Crippen molar-refractivity contribution in [2.45, 2.75) is 38.1 Å². The highest BCUT2D eigenvalue weighted by molar-refractivity contribution is 14.1. The molecule has 0 bridgehead atoms. The second-order valence-electron chi connectivity index (χ2n) is 6.08. The van der Waals surface area contributed by atoms with Crippen molar-refractivity contribution in [2.24, 2.45) is 0 Å². The first-order valence-electron chi connectivity index (χ1n) is 8.78. The number of aliphatic carboxylic acids is 2. The van der Waals surface area contributed by atoms with Crippen molar-refractivity contribution in [3.63, 3.8) is 0 Å². The van der Waals surface area contributed by atoms with Crippen molar-refractivity contribution < 1.29 is 29.4 Å². The maximum absolute atomic E-state index is 11.9. The van der Waals surface area contributed by atoms with Crippen molar-refractivity contribution in [3.8, 4) is 0 Å². The lowest BCUT2D eigenvalue weighted by Gasteiger charge is -2.15. The standard InChI is InChI=1S/C18H24IN3O6/c19-13-7-5-12(6-8-13)11-15(23)20-9-1-3-14(17(26)27)22-18(28)21-10-2-4-16(24)25/h5-8,14H,1-4,9-11H2,(H,20,23)(H,24,25)(H,26,27)(H2,21,22,28). The molecule has 3 amide bonds. The Labute approximate surface area is 176 Å². The van der Waals surface area contributed by atoms with Crippen LogP contribution in [0.15, 0.2) is 24.3 Å². The van der Waals surface area contributed by atoms with Gasteiger partial charge in [-0.25, -0.2) is 9.59 Å². The average Bonchev–Trinajstić information content (AvgIpc) is 2.63. The Bertz CT molecular complexity index is 680. The van der Waals surface area contributed by atoms with Gasteiger partial charge in [0, 0.05) is 23.1 Å². The first-order chi connectivity index (χ1) is 13.3. The number of carbonyl (C=O) groups is 4. The molecule has 0 radical (unpaired) electrons. The largest absolute Gasteiger partial charge is 0.481 e. The highest BCUT2D eigenvalue weighted by Crippen LogP contribution is 2.07. The molecule has 0 saturated carbocycles. The maximum Gasteiger partial charge on any atom is 0.326 e. The quantitative estimate of drug-likeness (QED) is 0.214. The number of nitrogens with one attached hydrogen (secondary N) is 3. The molecule has 0 aliphatic heterocycles. The molecule has 5 N–H and O–H groups in total. The molecule has 1 aromatic rings. The van der Waals surface area contributed by atoms with Crippen LogP contribution in [-0.4, -0.2) is 53.2 Å². The van der Waals surface area contributed by atoms with Gasteiger partial charge in [0.1, 0.15) is 6.04 Å². The number of benzene rings is 1. The van der Waals surface area contributed by atoms with Crippen LogP contribution in [0.3, 0.4) is 0 Å². The Hall–Kier alpha value is -2.37. The summed E-state index contributed by atoms with van der Waals surface area (Å²) in [4.78, 5) is 45.2. The number of rotatable bonds is 12. The summed E-state index contributed by atoms with van der Waals surface area (Å²) in [6, 6.07) is 5.83. The van der Waals surface area contributed by atoms with E-state index in [1.54, 1.807) is 0 Å². The minimum atomic E-state index is -1.18. The predicted octanol–water partition coefficient (Wildman–Crippen LogP) is 1.35. The normalized spacial score (nSPS) is 11.3. The van der Waals surface area contributed by atoms with Gasteiger partial charge in [-0.1, -0.05) is 12.1 Å². The van der Waals surface area contributed by atoms with Crippen LogP contribution in [0.1, 0.15) is 31.2 Å². The molecule has 1 atom stereocenters. The van der Waals surface area contributed by atoms with E-state index in [4.69, 9.17) is 5.11 Å². The number of carboxylic acids is 2. The van der Waals surface area contributed by atoms with Crippen LogP contribution in [-0.2, 0) is 20.8 Å². The third-order valence-corrected chi connectivity index (χ3v) is 4.45. The van der Waals surface area contributed by atoms with E-state index >= 15 is 0 Å². The maximum atomic E-state index is 11.9. The molecule has 1 aromatic carbocycles. The minimum absolute atomic E-state index is 0.0788. The molecule has 0 heterocycles. The lowest BCUT2D eigenvalue weighted by molar-refractivity contribution is -0.139. The minimum Gasteiger partial charge on any atom is -0.481 e. The van der Waals surface area contributed by atoms with Crippen LogP contribution >= 0.6 is 22.6 Å². The van der Waals surface area contributed by atoms with Crippen LogP contribution in [0.4, 0.5) is 4.79 Å². The first-order valence-corrected chi connectivity index (χ1v) is 9.86. The van der Waals surface area contributed by atoms with E-state index in [2.05, 4.69) is 38.5 Å². The SMILES string of the molecule is O=C(O)CCCNC(=O)NC(CCCNC(=O)Cc1ccc(I)cc1)C(=O)O. The van der Waals surface area contributed by atoms with E-state index in [1.165, 1.54) is 0 Å². The van der Waals surface area contributed by atoms with Gasteiger partial charge in [-0.15, -0.1) is 0 Å². The van der Waals surface area contributed by atoms with Gasteiger partial charge < -0.3 is 26.2 Å². The first kappa shape index (κ1) is 23.7. The Morgan fingerprint density at radius 2 is 1.61 bits per heavy atom. The highest BCUT2D eigenvalue weighted by Gasteiger charge is 2.19. The summed E-state index contributed by atoms with van der Waals surface area (Å²) in [5.74, 6) is -2.29. The van der Waals surface area contributed by atoms with Gasteiger partial charge >= 0.3 is 18.0 Å². The van der Waals surface area contributed by atoms with E-state index in [-0.39, 0.29) is 38.1 Å². The lowest BCUT2D eigenvalue weighted by Crippen LogP contribution is -2.46. The number of urea groups is 1. The second-order valence-corrected chi connectivity index (χ2v) is 7.33. The fourth-order valence-electron chi connectivity index (χ4n) is 2.29. The molecule has 0 spiro atoms. The molecular formula is C18H24IN3O6. The van der Waals surface area contributed by atoms with Crippen LogP contribution in [0.25, 0.3) is 0 Å². The van der Waals surface area contributed by atoms with Crippen LogP contribution in [0.5, 0.6) is 0 Å². The molecule has 28 heavy (non-hydrogen) atoms. The highest BCUT2D eigenvalue weighted by atomic mass is 127. The number of hydrogen-bond donors (Lipinski definition) is 5. The molecule has 0 saturated heterocycles. The molecule has 10 heteroatoms. The average molecular weight is 505 g/mol. The van der Waals surface area contributed by atoms with E-state index in [0.717, 1.165) is 9.13 Å². The third-order valence-electron chi connectivity index (χ3n) is 3.73. The van der Waals surface area contributed by atoms with Gasteiger partial charge in [-0.3, -0.25) is 9.59 Å². The molecule has 0 aliphatic carbocycles. The van der Waals surface area contributed by atoms with E-state index in [1.807, 2.05) is 24.3 Å². The van der Waals surface area contributed by atoms with E-state index in [0.29, 0.717) is 13.0 Å². The molecule has 9 nitrogen and oxygen atoms in total. The Morgan fingerprint density at radius 3 is 2.21 bits per heavy atom. The molecule has 154 valence electrons. The summed E-state index contributed by atoms with van der Waals surface area (Å²) in [7, 11) is 0. The summed E-state index contributed by atoms with van der Waals surface area (Å²) in [5.41, 5.74) is 0.891.